The van der Waals surface area contributed by atoms with Crippen LogP contribution in [0.5, 0.6) is 0 Å². The number of hydrogen-bond acceptors (Lipinski definition) is 2. The maximum atomic E-state index is 13.5. The average Bonchev–Trinajstić information content (AvgIpc) is 2.71. The van der Waals surface area contributed by atoms with E-state index in [9.17, 15) is 4.39 Å². The third kappa shape index (κ3) is 0.878. The molecule has 0 spiro atoms. The van der Waals surface area contributed by atoms with Gasteiger partial charge in [0.2, 0.25) is 0 Å². The van der Waals surface area contributed by atoms with Crippen molar-refractivity contribution in [3.05, 3.63) is 0 Å². The molecule has 3 fully saturated rings. The first-order valence-electron chi connectivity index (χ1n) is 5.67. The van der Waals surface area contributed by atoms with Crippen molar-refractivity contribution < 1.29 is 9.13 Å². The standard InChI is InChI=1S/C11H18FNO/c1-7(2)11-4-8(12)5-13(11)9-3-10(11)14-6-9/h7-10H,3-6H2,1-2H3. The highest BCUT2D eigenvalue weighted by Gasteiger charge is 2.63. The fraction of sp³-hybridized carbons (Fsp3) is 1.00. The molecule has 0 radical (unpaired) electrons. The summed E-state index contributed by atoms with van der Waals surface area (Å²) in [6, 6.07) is 0.503. The van der Waals surface area contributed by atoms with Gasteiger partial charge < -0.3 is 4.74 Å². The molecule has 3 saturated heterocycles. The molecule has 3 heterocycles. The summed E-state index contributed by atoms with van der Waals surface area (Å²) in [5.41, 5.74) is 0.0301. The first kappa shape index (κ1) is 9.10. The molecule has 2 bridgehead atoms. The quantitative estimate of drug-likeness (QED) is 0.636. The SMILES string of the molecule is CC(C)C12CC(F)CN1C1COC2C1. The van der Waals surface area contributed by atoms with Crippen LogP contribution in [0, 0.1) is 5.92 Å². The Balaban J connectivity index is 1.99. The third-order valence-corrected chi connectivity index (χ3v) is 4.45. The highest BCUT2D eigenvalue weighted by molar-refractivity contribution is 5.16. The van der Waals surface area contributed by atoms with Gasteiger partial charge in [0, 0.05) is 19.0 Å². The third-order valence-electron chi connectivity index (χ3n) is 4.45. The molecule has 3 aliphatic heterocycles. The molecule has 0 aromatic carbocycles. The molecule has 0 aliphatic carbocycles. The zero-order valence-corrected chi connectivity index (χ0v) is 8.87. The van der Waals surface area contributed by atoms with Gasteiger partial charge in [-0.2, -0.15) is 0 Å². The van der Waals surface area contributed by atoms with Crippen molar-refractivity contribution in [1.29, 1.82) is 0 Å². The lowest BCUT2D eigenvalue weighted by molar-refractivity contribution is -0.0772. The van der Waals surface area contributed by atoms with Crippen molar-refractivity contribution in [1.82, 2.24) is 4.90 Å². The van der Waals surface area contributed by atoms with Crippen LogP contribution in [0.1, 0.15) is 26.7 Å². The van der Waals surface area contributed by atoms with Crippen LogP contribution >= 0.6 is 0 Å². The Hall–Kier alpha value is -0.150. The minimum Gasteiger partial charge on any atom is -0.375 e. The molecule has 3 rings (SSSR count). The number of morpholine rings is 1. The molecular weight excluding hydrogens is 181 g/mol. The molecule has 4 unspecified atom stereocenters. The van der Waals surface area contributed by atoms with Crippen LogP contribution in [0.4, 0.5) is 4.39 Å². The fourth-order valence-corrected chi connectivity index (χ4v) is 3.84. The van der Waals surface area contributed by atoms with Crippen LogP contribution in [0.2, 0.25) is 0 Å². The van der Waals surface area contributed by atoms with Gasteiger partial charge in [0.15, 0.2) is 0 Å². The predicted octanol–water partition coefficient (Wildman–Crippen LogP) is 1.60. The van der Waals surface area contributed by atoms with Gasteiger partial charge in [0.1, 0.15) is 6.17 Å². The van der Waals surface area contributed by atoms with Gasteiger partial charge in [-0.25, -0.2) is 4.39 Å². The number of halogens is 1. The summed E-state index contributed by atoms with van der Waals surface area (Å²) in [6.45, 7) is 5.87. The zero-order chi connectivity index (χ0) is 9.92. The number of fused-ring (bicyclic) bond motifs is 5. The molecule has 3 heteroatoms. The van der Waals surface area contributed by atoms with Gasteiger partial charge in [-0.1, -0.05) is 13.8 Å². The van der Waals surface area contributed by atoms with Crippen LogP contribution in [0.15, 0.2) is 0 Å². The molecule has 4 atom stereocenters. The predicted molar refractivity (Wildman–Crippen MR) is 51.9 cm³/mol. The molecule has 2 nitrogen and oxygen atoms in total. The van der Waals surface area contributed by atoms with E-state index in [1.807, 2.05) is 0 Å². The maximum absolute atomic E-state index is 13.5. The number of ether oxygens (including phenoxy) is 1. The van der Waals surface area contributed by atoms with Crippen LogP contribution in [0.3, 0.4) is 0 Å². The monoisotopic (exact) mass is 199 g/mol. The second kappa shape index (κ2) is 2.70. The smallest absolute Gasteiger partial charge is 0.115 e. The van der Waals surface area contributed by atoms with E-state index in [1.165, 1.54) is 0 Å². The molecule has 80 valence electrons. The van der Waals surface area contributed by atoms with Gasteiger partial charge >= 0.3 is 0 Å². The first-order chi connectivity index (χ1) is 6.64. The largest absolute Gasteiger partial charge is 0.375 e. The van der Waals surface area contributed by atoms with E-state index in [1.54, 1.807) is 0 Å². The van der Waals surface area contributed by atoms with Crippen molar-refractivity contribution in [3.8, 4) is 0 Å². The Morgan fingerprint density at radius 1 is 1.50 bits per heavy atom. The van der Waals surface area contributed by atoms with Gasteiger partial charge in [0.05, 0.1) is 18.2 Å². The zero-order valence-electron chi connectivity index (χ0n) is 8.87. The maximum Gasteiger partial charge on any atom is 0.115 e. The highest BCUT2D eigenvalue weighted by Crippen LogP contribution is 2.52. The highest BCUT2D eigenvalue weighted by atomic mass is 19.1. The summed E-state index contributed by atoms with van der Waals surface area (Å²) in [7, 11) is 0. The summed E-state index contributed by atoms with van der Waals surface area (Å²) >= 11 is 0. The lowest BCUT2D eigenvalue weighted by atomic mass is 9.80. The second-order valence-electron chi connectivity index (χ2n) is 5.31. The number of alkyl halides is 1. The number of rotatable bonds is 1. The van der Waals surface area contributed by atoms with Gasteiger partial charge in [-0.05, 0) is 12.3 Å². The lowest BCUT2D eigenvalue weighted by Gasteiger charge is -2.44. The van der Waals surface area contributed by atoms with E-state index in [-0.39, 0.29) is 5.54 Å². The van der Waals surface area contributed by atoms with Crippen molar-refractivity contribution >= 4 is 0 Å². The molecule has 0 saturated carbocycles. The summed E-state index contributed by atoms with van der Waals surface area (Å²) in [6.07, 6.45) is 1.48. The molecular formula is C11H18FNO. The molecule has 3 aliphatic rings. The topological polar surface area (TPSA) is 12.5 Å². The lowest BCUT2D eigenvalue weighted by Crippen LogP contribution is -2.56. The van der Waals surface area contributed by atoms with Crippen LogP contribution < -0.4 is 0 Å². The molecule has 0 aromatic heterocycles. The second-order valence-corrected chi connectivity index (χ2v) is 5.31. The van der Waals surface area contributed by atoms with Crippen LogP contribution in [-0.2, 0) is 4.74 Å². The minimum atomic E-state index is -0.635. The molecule has 14 heavy (non-hydrogen) atoms. The Morgan fingerprint density at radius 2 is 2.29 bits per heavy atom. The van der Waals surface area contributed by atoms with E-state index in [2.05, 4.69) is 18.7 Å². The van der Waals surface area contributed by atoms with E-state index in [0.29, 0.717) is 31.0 Å². The number of nitrogens with zero attached hydrogens (tertiary/aromatic N) is 1. The molecule has 0 N–H and O–H groups in total. The fourth-order valence-electron chi connectivity index (χ4n) is 3.84. The Bertz CT molecular complexity index is 258. The van der Waals surface area contributed by atoms with Gasteiger partial charge in [-0.15, -0.1) is 0 Å². The Labute approximate surface area is 84.4 Å². The summed E-state index contributed by atoms with van der Waals surface area (Å²) in [5, 5.41) is 0. The number of hydrogen-bond donors (Lipinski definition) is 0. The molecule has 0 amide bonds. The first-order valence-corrected chi connectivity index (χ1v) is 5.67. The summed E-state index contributed by atoms with van der Waals surface area (Å²) in [5.74, 6) is 0.499. The Kier molecular flexibility index (Phi) is 1.76. The van der Waals surface area contributed by atoms with E-state index < -0.39 is 6.17 Å². The van der Waals surface area contributed by atoms with Crippen molar-refractivity contribution in [2.24, 2.45) is 5.92 Å². The normalized spacial score (nSPS) is 51.9. The molecule has 0 aromatic rings. The van der Waals surface area contributed by atoms with Crippen LogP contribution in [-0.4, -0.2) is 41.9 Å². The summed E-state index contributed by atoms with van der Waals surface area (Å²) < 4.78 is 19.3. The van der Waals surface area contributed by atoms with Crippen molar-refractivity contribution in [2.45, 2.75) is 50.5 Å². The van der Waals surface area contributed by atoms with Crippen LogP contribution in [0.25, 0.3) is 0 Å². The van der Waals surface area contributed by atoms with Crippen molar-refractivity contribution in [3.63, 3.8) is 0 Å². The van der Waals surface area contributed by atoms with Crippen molar-refractivity contribution in [2.75, 3.05) is 13.2 Å². The van der Waals surface area contributed by atoms with Gasteiger partial charge in [0.25, 0.3) is 0 Å². The van der Waals surface area contributed by atoms with Gasteiger partial charge in [-0.3, -0.25) is 4.90 Å². The minimum absolute atomic E-state index is 0.0301. The van der Waals surface area contributed by atoms with E-state index in [4.69, 9.17) is 4.74 Å². The summed E-state index contributed by atoms with van der Waals surface area (Å²) in [4.78, 5) is 2.40. The van der Waals surface area contributed by atoms with E-state index in [0.717, 1.165) is 13.0 Å². The average molecular weight is 199 g/mol. The van der Waals surface area contributed by atoms with E-state index >= 15 is 0 Å². The Morgan fingerprint density at radius 3 is 2.93 bits per heavy atom.